The monoisotopic (exact) mass is 258 g/mol. The van der Waals surface area contributed by atoms with E-state index in [0.717, 1.165) is 25.3 Å². The first-order valence-electron chi connectivity index (χ1n) is 6.72. The van der Waals surface area contributed by atoms with Crippen molar-refractivity contribution in [2.24, 2.45) is 0 Å². The predicted octanol–water partition coefficient (Wildman–Crippen LogP) is 3.06. The fourth-order valence-corrected chi connectivity index (χ4v) is 2.26. The number of rotatable bonds is 7. The van der Waals surface area contributed by atoms with Crippen LogP contribution in [0.1, 0.15) is 23.8 Å². The molecule has 19 heavy (non-hydrogen) atoms. The summed E-state index contributed by atoms with van der Waals surface area (Å²) >= 11 is 0. The lowest BCUT2D eigenvalue weighted by Gasteiger charge is -2.21. The van der Waals surface area contributed by atoms with Crippen LogP contribution in [0, 0.1) is 0 Å². The topological polar surface area (TPSA) is 28.4 Å². The van der Waals surface area contributed by atoms with E-state index in [1.807, 2.05) is 19.2 Å². The number of hydrogen-bond acceptors (Lipinski definition) is 3. The molecule has 1 unspecified atom stereocenters. The van der Waals surface area contributed by atoms with Gasteiger partial charge in [0.2, 0.25) is 0 Å². The van der Waals surface area contributed by atoms with E-state index in [1.165, 1.54) is 5.56 Å². The standard InChI is InChI=1S/C16H22N2O/c1-17-16(14-7-4-3-5-8-14)10-11-18(2)13-15-9-6-12-19-15/h3-9,12,16-17H,10-11,13H2,1-2H3. The van der Waals surface area contributed by atoms with Gasteiger partial charge in [0.15, 0.2) is 0 Å². The van der Waals surface area contributed by atoms with E-state index < -0.39 is 0 Å². The van der Waals surface area contributed by atoms with Gasteiger partial charge in [0.25, 0.3) is 0 Å². The van der Waals surface area contributed by atoms with Crippen LogP contribution < -0.4 is 5.32 Å². The number of nitrogens with zero attached hydrogens (tertiary/aromatic N) is 1. The largest absolute Gasteiger partial charge is 0.468 e. The lowest BCUT2D eigenvalue weighted by atomic mass is 10.0. The Balaban J connectivity index is 1.83. The smallest absolute Gasteiger partial charge is 0.117 e. The van der Waals surface area contributed by atoms with Crippen molar-refractivity contribution in [1.82, 2.24) is 10.2 Å². The van der Waals surface area contributed by atoms with Gasteiger partial charge in [-0.1, -0.05) is 30.3 Å². The molecule has 1 atom stereocenters. The molecule has 0 aliphatic heterocycles. The third-order valence-electron chi connectivity index (χ3n) is 3.36. The van der Waals surface area contributed by atoms with Crippen molar-refractivity contribution in [1.29, 1.82) is 0 Å². The predicted molar refractivity (Wildman–Crippen MR) is 77.9 cm³/mol. The SMILES string of the molecule is CNC(CCN(C)Cc1ccco1)c1ccccc1. The Hall–Kier alpha value is -1.58. The van der Waals surface area contributed by atoms with Crippen LogP contribution in [0.4, 0.5) is 0 Å². The molecule has 0 amide bonds. The third-order valence-corrected chi connectivity index (χ3v) is 3.36. The molecular formula is C16H22N2O. The highest BCUT2D eigenvalue weighted by atomic mass is 16.3. The maximum absolute atomic E-state index is 5.36. The summed E-state index contributed by atoms with van der Waals surface area (Å²) in [7, 11) is 4.14. The zero-order chi connectivity index (χ0) is 13.5. The van der Waals surface area contributed by atoms with E-state index in [-0.39, 0.29) is 0 Å². The van der Waals surface area contributed by atoms with Crippen LogP contribution in [0.5, 0.6) is 0 Å². The lowest BCUT2D eigenvalue weighted by molar-refractivity contribution is 0.278. The molecule has 3 nitrogen and oxygen atoms in total. The zero-order valence-electron chi connectivity index (χ0n) is 11.7. The fourth-order valence-electron chi connectivity index (χ4n) is 2.26. The molecule has 0 bridgehead atoms. The first-order valence-corrected chi connectivity index (χ1v) is 6.72. The first-order chi connectivity index (χ1) is 9.29. The molecule has 1 heterocycles. The van der Waals surface area contributed by atoms with Gasteiger partial charge in [0, 0.05) is 12.6 Å². The molecule has 2 rings (SSSR count). The Bertz CT molecular complexity index is 453. The van der Waals surface area contributed by atoms with Crippen LogP contribution in [0.2, 0.25) is 0 Å². The summed E-state index contributed by atoms with van der Waals surface area (Å²) in [5.74, 6) is 1.02. The highest BCUT2D eigenvalue weighted by Crippen LogP contribution is 2.16. The Morgan fingerprint density at radius 2 is 1.95 bits per heavy atom. The minimum atomic E-state index is 0.403. The molecule has 0 spiro atoms. The van der Waals surface area contributed by atoms with E-state index in [2.05, 4.69) is 47.6 Å². The fraction of sp³-hybridized carbons (Fsp3) is 0.375. The van der Waals surface area contributed by atoms with E-state index in [4.69, 9.17) is 4.42 Å². The molecule has 3 heteroatoms. The summed E-state index contributed by atoms with van der Waals surface area (Å²) in [6.07, 6.45) is 2.81. The lowest BCUT2D eigenvalue weighted by Crippen LogP contribution is -2.25. The quantitative estimate of drug-likeness (QED) is 0.827. The molecule has 0 saturated heterocycles. The summed E-state index contributed by atoms with van der Waals surface area (Å²) in [6, 6.07) is 14.9. The maximum atomic E-state index is 5.36. The van der Waals surface area contributed by atoms with Gasteiger partial charge in [-0.15, -0.1) is 0 Å². The molecule has 2 aromatic rings. The number of benzene rings is 1. The normalized spacial score (nSPS) is 12.8. The van der Waals surface area contributed by atoms with Crippen LogP contribution in [0.25, 0.3) is 0 Å². The molecular weight excluding hydrogens is 236 g/mol. The summed E-state index contributed by atoms with van der Waals surface area (Å²) < 4.78 is 5.36. The van der Waals surface area contributed by atoms with Crippen molar-refractivity contribution in [3.8, 4) is 0 Å². The number of hydrogen-bond donors (Lipinski definition) is 1. The van der Waals surface area contributed by atoms with E-state index in [1.54, 1.807) is 6.26 Å². The first kappa shape index (κ1) is 13.8. The highest BCUT2D eigenvalue weighted by Gasteiger charge is 2.10. The molecule has 0 radical (unpaired) electrons. The second-order valence-electron chi connectivity index (χ2n) is 4.86. The van der Waals surface area contributed by atoms with Gasteiger partial charge in [0.05, 0.1) is 12.8 Å². The summed E-state index contributed by atoms with van der Waals surface area (Å²) in [4.78, 5) is 2.28. The maximum Gasteiger partial charge on any atom is 0.117 e. The van der Waals surface area contributed by atoms with Crippen LogP contribution >= 0.6 is 0 Å². The summed E-state index contributed by atoms with van der Waals surface area (Å²) in [5.41, 5.74) is 1.34. The minimum Gasteiger partial charge on any atom is -0.468 e. The second-order valence-corrected chi connectivity index (χ2v) is 4.86. The van der Waals surface area contributed by atoms with E-state index in [0.29, 0.717) is 6.04 Å². The second kappa shape index (κ2) is 7.12. The molecule has 1 N–H and O–H groups in total. The van der Waals surface area contributed by atoms with E-state index >= 15 is 0 Å². The zero-order valence-corrected chi connectivity index (χ0v) is 11.7. The molecule has 0 fully saturated rings. The number of nitrogens with one attached hydrogen (secondary N) is 1. The van der Waals surface area contributed by atoms with Gasteiger partial charge in [-0.3, -0.25) is 4.90 Å². The Kier molecular flexibility index (Phi) is 5.19. The van der Waals surface area contributed by atoms with Gasteiger partial charge >= 0.3 is 0 Å². The van der Waals surface area contributed by atoms with Crippen LogP contribution in [0.3, 0.4) is 0 Å². The van der Waals surface area contributed by atoms with Gasteiger partial charge < -0.3 is 9.73 Å². The van der Waals surface area contributed by atoms with Crippen molar-refractivity contribution in [3.05, 3.63) is 60.1 Å². The van der Waals surface area contributed by atoms with Gasteiger partial charge in [-0.2, -0.15) is 0 Å². The van der Waals surface area contributed by atoms with Crippen LogP contribution in [-0.2, 0) is 6.54 Å². The highest BCUT2D eigenvalue weighted by molar-refractivity contribution is 5.18. The Labute approximate surface area is 115 Å². The summed E-state index contributed by atoms with van der Waals surface area (Å²) in [5, 5.41) is 3.38. The molecule has 0 aliphatic rings. The van der Waals surface area contributed by atoms with Crippen molar-refractivity contribution >= 4 is 0 Å². The molecule has 1 aromatic carbocycles. The molecule has 102 valence electrons. The van der Waals surface area contributed by atoms with Gasteiger partial charge in [0.1, 0.15) is 5.76 Å². The molecule has 1 aromatic heterocycles. The van der Waals surface area contributed by atoms with Crippen molar-refractivity contribution in [3.63, 3.8) is 0 Å². The summed E-state index contributed by atoms with van der Waals surface area (Å²) in [6.45, 7) is 1.89. The van der Waals surface area contributed by atoms with Crippen molar-refractivity contribution in [2.45, 2.75) is 19.0 Å². The van der Waals surface area contributed by atoms with Crippen molar-refractivity contribution in [2.75, 3.05) is 20.6 Å². The van der Waals surface area contributed by atoms with Crippen LogP contribution in [-0.4, -0.2) is 25.5 Å². The molecule has 0 saturated carbocycles. The Morgan fingerprint density at radius 1 is 1.16 bits per heavy atom. The average Bonchev–Trinajstić information content (AvgIpc) is 2.93. The average molecular weight is 258 g/mol. The van der Waals surface area contributed by atoms with Crippen LogP contribution in [0.15, 0.2) is 53.1 Å². The molecule has 0 aliphatic carbocycles. The van der Waals surface area contributed by atoms with Crippen molar-refractivity contribution < 1.29 is 4.42 Å². The third kappa shape index (κ3) is 4.23. The van der Waals surface area contributed by atoms with Gasteiger partial charge in [-0.25, -0.2) is 0 Å². The number of furan rings is 1. The Morgan fingerprint density at radius 3 is 2.58 bits per heavy atom. The minimum absolute atomic E-state index is 0.403. The van der Waals surface area contributed by atoms with E-state index in [9.17, 15) is 0 Å². The van der Waals surface area contributed by atoms with Gasteiger partial charge in [-0.05, 0) is 38.2 Å².